The second-order valence-corrected chi connectivity index (χ2v) is 24.4. The molecule has 29 heavy (non-hydrogen) atoms. The van der Waals surface area contributed by atoms with Gasteiger partial charge in [0.2, 0.25) is 0 Å². The van der Waals surface area contributed by atoms with E-state index in [9.17, 15) is 4.79 Å². The van der Waals surface area contributed by atoms with Crippen molar-refractivity contribution < 1.29 is 14.3 Å². The molecule has 7 nitrogen and oxygen atoms in total. The fourth-order valence-electron chi connectivity index (χ4n) is 3.59. The quantitative estimate of drug-likeness (QED) is 0.578. The molecule has 2 fully saturated rings. The summed E-state index contributed by atoms with van der Waals surface area (Å²) in [6.45, 7) is 9.00. The Morgan fingerprint density at radius 1 is 1.10 bits per heavy atom. The van der Waals surface area contributed by atoms with Crippen LogP contribution in [0, 0.1) is 0 Å². The van der Waals surface area contributed by atoms with E-state index in [1.54, 1.807) is 4.90 Å². The maximum absolute atomic E-state index is 12.3. The molecule has 0 radical (unpaired) electrons. The predicted octanol–water partition coefficient (Wildman–Crippen LogP) is 3.40. The van der Waals surface area contributed by atoms with E-state index < -0.39 is 24.0 Å². The van der Waals surface area contributed by atoms with E-state index in [4.69, 9.17) is 19.4 Å². The molecule has 2 aliphatic heterocycles. The number of amides is 1. The van der Waals surface area contributed by atoms with Crippen LogP contribution in [0.4, 0.5) is 10.6 Å². The third-order valence-corrected chi connectivity index (χ3v) is 10.3. The minimum atomic E-state index is -2.35. The van der Waals surface area contributed by atoms with Gasteiger partial charge >= 0.3 is 179 Å². The molecule has 1 amide bonds. The number of aromatic nitrogens is 2. The van der Waals surface area contributed by atoms with Crippen LogP contribution in [-0.4, -0.2) is 77.2 Å². The van der Waals surface area contributed by atoms with E-state index in [0.29, 0.717) is 19.0 Å². The fraction of sp³-hybridized carbons (Fsp3) is 0.762. The zero-order valence-corrected chi connectivity index (χ0v) is 21.7. The number of anilines is 1. The summed E-state index contributed by atoms with van der Waals surface area (Å²) in [7, 11) is 0. The molecule has 0 atom stereocenters. The molecule has 0 aliphatic carbocycles. The van der Waals surface area contributed by atoms with Crippen LogP contribution in [0.25, 0.3) is 0 Å². The number of hydrogen-bond donors (Lipinski definition) is 0. The normalized spacial score (nSPS) is 18.8. The Hall–Kier alpha value is -1.25. The second-order valence-electron chi connectivity index (χ2n) is 10.1. The molecule has 3 rings (SSSR count). The molecule has 0 N–H and O–H groups in total. The summed E-state index contributed by atoms with van der Waals surface area (Å²) in [5, 5.41) is 0. The molecule has 0 unspecified atom stereocenters. The number of carbonyl (C=O) groups excluding carboxylic acids is 1. The van der Waals surface area contributed by atoms with E-state index >= 15 is 0 Å². The molecule has 2 saturated heterocycles. The van der Waals surface area contributed by atoms with Gasteiger partial charge in [0, 0.05) is 0 Å². The molecular formula is C21H36N4O3Sn. The Kier molecular flexibility index (Phi) is 6.85. The molecule has 0 spiro atoms. The molecule has 2 aliphatic rings. The van der Waals surface area contributed by atoms with E-state index in [-0.39, 0.29) is 12.2 Å². The van der Waals surface area contributed by atoms with Crippen molar-refractivity contribution in [1.29, 1.82) is 0 Å². The first kappa shape index (κ1) is 22.4. The Bertz CT molecular complexity index is 716. The van der Waals surface area contributed by atoms with Crippen LogP contribution in [0.2, 0.25) is 14.8 Å². The maximum atomic E-state index is 12.3. The summed E-state index contributed by atoms with van der Waals surface area (Å²) in [6, 6.07) is 0. The molecule has 0 bridgehead atoms. The van der Waals surface area contributed by atoms with Crippen molar-refractivity contribution in [3.8, 4) is 5.88 Å². The zero-order chi connectivity index (χ0) is 21.2. The third-order valence-electron chi connectivity index (χ3n) is 5.27. The Morgan fingerprint density at radius 3 is 2.28 bits per heavy atom. The zero-order valence-electron chi connectivity index (χ0n) is 18.8. The number of likely N-dealkylation sites (tertiary alicyclic amines) is 1. The summed E-state index contributed by atoms with van der Waals surface area (Å²) in [6.07, 6.45) is 5.73. The molecule has 1 aromatic rings. The Labute approximate surface area is 179 Å². The van der Waals surface area contributed by atoms with E-state index in [0.717, 1.165) is 35.5 Å². The molecular weight excluding hydrogens is 475 g/mol. The van der Waals surface area contributed by atoms with Crippen molar-refractivity contribution in [2.24, 2.45) is 0 Å². The van der Waals surface area contributed by atoms with Crippen LogP contribution >= 0.6 is 0 Å². The van der Waals surface area contributed by atoms with Crippen LogP contribution < -0.4 is 13.3 Å². The molecule has 0 aromatic carbocycles. The van der Waals surface area contributed by atoms with Crippen molar-refractivity contribution in [2.75, 3.05) is 31.1 Å². The monoisotopic (exact) mass is 512 g/mol. The molecule has 1 aromatic heterocycles. The van der Waals surface area contributed by atoms with Crippen LogP contribution in [0.3, 0.4) is 0 Å². The van der Waals surface area contributed by atoms with Gasteiger partial charge in [-0.3, -0.25) is 0 Å². The average Bonchev–Trinajstić information content (AvgIpc) is 3.14. The molecule has 162 valence electrons. The van der Waals surface area contributed by atoms with Gasteiger partial charge in [0.1, 0.15) is 0 Å². The molecule has 8 heteroatoms. The second kappa shape index (κ2) is 8.86. The van der Waals surface area contributed by atoms with Crippen LogP contribution in [-0.2, 0) is 4.74 Å². The summed E-state index contributed by atoms with van der Waals surface area (Å²) in [5.41, 5.74) is -0.468. The van der Waals surface area contributed by atoms with Crippen molar-refractivity contribution in [1.82, 2.24) is 14.9 Å². The van der Waals surface area contributed by atoms with E-state index in [1.165, 1.54) is 12.8 Å². The summed E-state index contributed by atoms with van der Waals surface area (Å²) in [4.78, 5) is 33.1. The fourth-order valence-corrected chi connectivity index (χ4v) is 6.13. The summed E-state index contributed by atoms with van der Waals surface area (Å²) < 4.78 is 13.0. The van der Waals surface area contributed by atoms with Gasteiger partial charge in [-0.15, -0.1) is 0 Å². The van der Waals surface area contributed by atoms with Gasteiger partial charge < -0.3 is 0 Å². The van der Waals surface area contributed by atoms with Gasteiger partial charge in [-0.2, -0.15) is 0 Å². The van der Waals surface area contributed by atoms with Crippen molar-refractivity contribution in [2.45, 2.75) is 73.0 Å². The minimum absolute atomic E-state index is 0.0507. The topological polar surface area (TPSA) is 67.8 Å². The number of hydrogen-bond acceptors (Lipinski definition) is 6. The summed E-state index contributed by atoms with van der Waals surface area (Å²) >= 11 is -2.35. The predicted molar refractivity (Wildman–Crippen MR) is 118 cm³/mol. The standard InChI is InChI=1S/C18H27N4O3.3CH3.Sn/c1-18(2,3)25-17(23)22-12-6-14(7-13-22)24-16-15(19-8-9-20-16)21-10-4-5-11-21;;;;/h8,14H,4-7,10-13H2,1-3H3;3*1H3;. The van der Waals surface area contributed by atoms with Crippen molar-refractivity contribution in [3.63, 3.8) is 0 Å². The first-order chi connectivity index (χ1) is 13.5. The van der Waals surface area contributed by atoms with Gasteiger partial charge in [-0.25, -0.2) is 0 Å². The molecule has 3 heterocycles. The number of carbonyl (C=O) groups is 1. The third kappa shape index (κ3) is 6.12. The van der Waals surface area contributed by atoms with Gasteiger partial charge in [-0.1, -0.05) is 0 Å². The van der Waals surface area contributed by atoms with Crippen LogP contribution in [0.1, 0.15) is 46.5 Å². The van der Waals surface area contributed by atoms with Gasteiger partial charge in [0.05, 0.1) is 0 Å². The van der Waals surface area contributed by atoms with E-state index in [1.807, 2.05) is 27.0 Å². The first-order valence-electron chi connectivity index (χ1n) is 10.8. The average molecular weight is 511 g/mol. The number of nitrogens with zero attached hydrogens (tertiary/aromatic N) is 4. The van der Waals surface area contributed by atoms with Gasteiger partial charge in [-0.05, 0) is 0 Å². The van der Waals surface area contributed by atoms with Gasteiger partial charge in [0.25, 0.3) is 0 Å². The van der Waals surface area contributed by atoms with Crippen molar-refractivity contribution >= 4 is 34.0 Å². The SMILES string of the molecule is CC(C)(C)OC(=O)N1CCC(Oc2n[c]([Sn]([CH3])([CH3])[CH3])cnc2N2CCCC2)CC1. The Balaban J connectivity index is 1.68. The molecule has 0 saturated carbocycles. The van der Waals surface area contributed by atoms with E-state index in [2.05, 4.69) is 19.7 Å². The summed E-state index contributed by atoms with van der Waals surface area (Å²) in [5.74, 6) is 1.57. The van der Waals surface area contributed by atoms with Crippen LogP contribution in [0.15, 0.2) is 6.20 Å². The Morgan fingerprint density at radius 2 is 1.72 bits per heavy atom. The number of rotatable bonds is 4. The number of ether oxygens (including phenoxy) is 2. The number of piperidine rings is 1. The first-order valence-corrected chi connectivity index (χ1v) is 20.8. The van der Waals surface area contributed by atoms with Crippen molar-refractivity contribution in [3.05, 3.63) is 6.20 Å². The van der Waals surface area contributed by atoms with Gasteiger partial charge in [0.15, 0.2) is 0 Å². The van der Waals surface area contributed by atoms with Crippen LogP contribution in [0.5, 0.6) is 5.88 Å².